The lowest BCUT2D eigenvalue weighted by molar-refractivity contribution is -0.121. The molecule has 0 unspecified atom stereocenters. The van der Waals surface area contributed by atoms with E-state index in [1.54, 1.807) is 6.21 Å². The highest BCUT2D eigenvalue weighted by Gasteiger charge is 2.09. The summed E-state index contributed by atoms with van der Waals surface area (Å²) in [6, 6.07) is 15.1. The van der Waals surface area contributed by atoms with Crippen LogP contribution in [0, 0.1) is 0 Å². The van der Waals surface area contributed by atoms with Gasteiger partial charge in [0.1, 0.15) is 0 Å². The van der Waals surface area contributed by atoms with Crippen molar-refractivity contribution in [3.8, 4) is 0 Å². The van der Waals surface area contributed by atoms with Crippen LogP contribution in [0.15, 0.2) is 58.1 Å². The van der Waals surface area contributed by atoms with Gasteiger partial charge in [-0.15, -0.1) is 0 Å². The highest BCUT2D eigenvalue weighted by atomic mass is 79.9. The van der Waals surface area contributed by atoms with E-state index in [0.717, 1.165) is 21.3 Å². The van der Waals surface area contributed by atoms with Gasteiger partial charge in [0.2, 0.25) is 5.91 Å². The number of hydrazone groups is 1. The van der Waals surface area contributed by atoms with Gasteiger partial charge in [-0.1, -0.05) is 36.4 Å². The van der Waals surface area contributed by atoms with Crippen molar-refractivity contribution in [3.63, 3.8) is 0 Å². The number of hydrogen-bond acceptors (Lipinski definition) is 4. The number of aliphatic hydroxyl groups excluding tert-OH is 1. The molecule has 2 aromatic rings. The minimum atomic E-state index is -0.648. The summed E-state index contributed by atoms with van der Waals surface area (Å²) in [6.07, 6.45) is 1.51. The van der Waals surface area contributed by atoms with Crippen molar-refractivity contribution < 1.29 is 9.90 Å². The summed E-state index contributed by atoms with van der Waals surface area (Å²) in [5, 5.41) is 14.0. The smallest absolute Gasteiger partial charge is 0.240 e. The maximum atomic E-state index is 11.8. The number of aliphatic hydroxyl groups is 1. The first-order valence-electron chi connectivity index (χ1n) is 7.99. The Morgan fingerprint density at radius 3 is 2.64 bits per heavy atom. The molecule has 0 fully saturated rings. The van der Waals surface area contributed by atoms with Crippen LogP contribution in [0.25, 0.3) is 0 Å². The summed E-state index contributed by atoms with van der Waals surface area (Å²) in [4.78, 5) is 13.8. The van der Waals surface area contributed by atoms with Gasteiger partial charge in [-0.3, -0.25) is 4.79 Å². The van der Waals surface area contributed by atoms with Gasteiger partial charge in [0.25, 0.3) is 0 Å². The van der Waals surface area contributed by atoms with E-state index in [1.165, 1.54) is 0 Å². The van der Waals surface area contributed by atoms with Crippen LogP contribution in [-0.2, 0) is 4.79 Å². The van der Waals surface area contributed by atoms with Crippen LogP contribution in [0.1, 0.15) is 30.1 Å². The third kappa shape index (κ3) is 5.99. The molecule has 0 saturated heterocycles. The molecule has 0 saturated carbocycles. The van der Waals surface area contributed by atoms with E-state index in [-0.39, 0.29) is 12.3 Å². The van der Waals surface area contributed by atoms with Crippen LogP contribution < -0.4 is 10.3 Å². The Hall–Kier alpha value is -2.18. The number of carbonyl (C=O) groups excluding carboxylic acids is 1. The van der Waals surface area contributed by atoms with E-state index >= 15 is 0 Å². The molecular weight excluding hydrogens is 382 g/mol. The average Bonchev–Trinajstić information content (AvgIpc) is 2.60. The largest absolute Gasteiger partial charge is 0.388 e. The van der Waals surface area contributed by atoms with Crippen molar-refractivity contribution in [2.75, 3.05) is 19.0 Å². The Morgan fingerprint density at radius 1 is 1.28 bits per heavy atom. The van der Waals surface area contributed by atoms with Crippen LogP contribution >= 0.6 is 15.9 Å². The average molecular weight is 404 g/mol. The van der Waals surface area contributed by atoms with E-state index in [1.807, 2.05) is 67.5 Å². The fourth-order valence-corrected chi connectivity index (χ4v) is 3.06. The first-order valence-corrected chi connectivity index (χ1v) is 8.78. The lowest BCUT2D eigenvalue weighted by Crippen LogP contribution is -2.18. The summed E-state index contributed by atoms with van der Waals surface area (Å²) < 4.78 is 0.957. The second-order valence-electron chi connectivity index (χ2n) is 5.86. The number of carbonyl (C=O) groups is 1. The number of halogens is 1. The third-order valence-corrected chi connectivity index (χ3v) is 4.32. The number of rotatable bonds is 7. The lowest BCUT2D eigenvalue weighted by atomic mass is 10.1. The SMILES string of the molecule is CN(C)c1ccc(/C=N\NC(=O)CC[C@@H](O)c2ccccc2)cc1Br. The molecule has 0 bridgehead atoms. The second kappa shape index (κ2) is 9.34. The van der Waals surface area contributed by atoms with Gasteiger partial charge >= 0.3 is 0 Å². The maximum absolute atomic E-state index is 11.8. The molecule has 2 N–H and O–H groups in total. The molecule has 132 valence electrons. The van der Waals surface area contributed by atoms with Gasteiger partial charge < -0.3 is 10.0 Å². The van der Waals surface area contributed by atoms with Crippen molar-refractivity contribution in [3.05, 3.63) is 64.1 Å². The molecule has 6 heteroatoms. The van der Waals surface area contributed by atoms with Gasteiger partial charge in [-0.05, 0) is 45.6 Å². The summed E-state index contributed by atoms with van der Waals surface area (Å²) >= 11 is 3.51. The summed E-state index contributed by atoms with van der Waals surface area (Å²) in [5.74, 6) is -0.227. The van der Waals surface area contributed by atoms with Crippen molar-refractivity contribution in [2.45, 2.75) is 18.9 Å². The predicted molar refractivity (Wildman–Crippen MR) is 105 cm³/mol. The molecule has 0 heterocycles. The molecule has 1 atom stereocenters. The lowest BCUT2D eigenvalue weighted by Gasteiger charge is -2.14. The Morgan fingerprint density at radius 2 is 2.00 bits per heavy atom. The van der Waals surface area contributed by atoms with Crippen LogP contribution in [0.4, 0.5) is 5.69 Å². The number of amides is 1. The molecule has 0 aliphatic carbocycles. The van der Waals surface area contributed by atoms with E-state index < -0.39 is 6.10 Å². The standard InChI is InChI=1S/C19H22BrN3O2/c1-23(2)17-9-8-14(12-16(17)20)13-21-22-19(25)11-10-18(24)15-6-4-3-5-7-15/h3-9,12-13,18,24H,10-11H2,1-2H3,(H,22,25)/b21-13-/t18-/m1/s1. The van der Waals surface area contributed by atoms with Crippen LogP contribution in [0.5, 0.6) is 0 Å². The Labute approximate surface area is 156 Å². The first kappa shape index (κ1) is 19.1. The van der Waals surface area contributed by atoms with Gasteiger partial charge in [-0.25, -0.2) is 5.43 Å². The fraction of sp³-hybridized carbons (Fsp3) is 0.263. The Balaban J connectivity index is 1.81. The second-order valence-corrected chi connectivity index (χ2v) is 6.72. The first-order chi connectivity index (χ1) is 12.0. The molecule has 5 nitrogen and oxygen atoms in total. The molecule has 2 aromatic carbocycles. The van der Waals surface area contributed by atoms with Crippen molar-refractivity contribution in [2.24, 2.45) is 5.10 Å². The molecule has 0 aliphatic rings. The molecule has 2 rings (SSSR count). The quantitative estimate of drug-likeness (QED) is 0.549. The molecule has 1 amide bonds. The van der Waals surface area contributed by atoms with Crippen LogP contribution in [-0.4, -0.2) is 31.3 Å². The highest BCUT2D eigenvalue weighted by molar-refractivity contribution is 9.10. The summed E-state index contributed by atoms with van der Waals surface area (Å²) in [7, 11) is 3.94. The monoisotopic (exact) mass is 403 g/mol. The van der Waals surface area contributed by atoms with Crippen molar-refractivity contribution in [1.29, 1.82) is 0 Å². The molecule has 0 radical (unpaired) electrons. The topological polar surface area (TPSA) is 64.9 Å². The van der Waals surface area contributed by atoms with Crippen molar-refractivity contribution >= 4 is 33.7 Å². The van der Waals surface area contributed by atoms with E-state index in [9.17, 15) is 9.90 Å². The van der Waals surface area contributed by atoms with Crippen molar-refractivity contribution in [1.82, 2.24) is 5.43 Å². The number of nitrogens with one attached hydrogen (secondary N) is 1. The zero-order valence-electron chi connectivity index (χ0n) is 14.3. The fourth-order valence-electron chi connectivity index (χ4n) is 2.31. The number of hydrogen-bond donors (Lipinski definition) is 2. The highest BCUT2D eigenvalue weighted by Crippen LogP contribution is 2.25. The molecule has 0 spiro atoms. The summed E-state index contributed by atoms with van der Waals surface area (Å²) in [6.45, 7) is 0. The predicted octanol–water partition coefficient (Wildman–Crippen LogP) is 3.48. The van der Waals surface area contributed by atoms with E-state index in [0.29, 0.717) is 6.42 Å². The number of benzene rings is 2. The third-order valence-electron chi connectivity index (χ3n) is 3.69. The maximum Gasteiger partial charge on any atom is 0.240 e. The number of anilines is 1. The van der Waals surface area contributed by atoms with Gasteiger partial charge in [-0.2, -0.15) is 5.10 Å². The Kier molecular flexibility index (Phi) is 7.16. The minimum Gasteiger partial charge on any atom is -0.388 e. The molecular formula is C19H22BrN3O2. The van der Waals surface area contributed by atoms with Crippen LogP contribution in [0.2, 0.25) is 0 Å². The molecule has 0 aliphatic heterocycles. The molecule has 25 heavy (non-hydrogen) atoms. The van der Waals surface area contributed by atoms with Gasteiger partial charge in [0, 0.05) is 25.0 Å². The summed E-state index contributed by atoms with van der Waals surface area (Å²) in [5.41, 5.74) is 5.24. The van der Waals surface area contributed by atoms with E-state index in [4.69, 9.17) is 0 Å². The van der Waals surface area contributed by atoms with E-state index in [2.05, 4.69) is 26.5 Å². The minimum absolute atomic E-state index is 0.205. The van der Waals surface area contributed by atoms with Crippen LogP contribution in [0.3, 0.4) is 0 Å². The zero-order chi connectivity index (χ0) is 18.2. The number of nitrogens with zero attached hydrogens (tertiary/aromatic N) is 2. The van der Waals surface area contributed by atoms with Gasteiger partial charge in [0.05, 0.1) is 18.0 Å². The zero-order valence-corrected chi connectivity index (χ0v) is 15.9. The Bertz CT molecular complexity index is 733. The normalized spacial score (nSPS) is 12.2. The molecule has 0 aromatic heterocycles. The van der Waals surface area contributed by atoms with Gasteiger partial charge in [0.15, 0.2) is 0 Å².